The molecule has 1 atom stereocenters. The van der Waals surface area contributed by atoms with Gasteiger partial charge in [0.2, 0.25) is 5.95 Å². The van der Waals surface area contributed by atoms with E-state index in [1.54, 1.807) is 7.11 Å². The van der Waals surface area contributed by atoms with E-state index in [2.05, 4.69) is 29.1 Å². The summed E-state index contributed by atoms with van der Waals surface area (Å²) in [6, 6.07) is 1.79. The lowest BCUT2D eigenvalue weighted by atomic mass is 10.1. The summed E-state index contributed by atoms with van der Waals surface area (Å²) in [7, 11) is 1.60. The molecule has 0 radical (unpaired) electrons. The second kappa shape index (κ2) is 6.51. The van der Waals surface area contributed by atoms with Gasteiger partial charge in [0.1, 0.15) is 0 Å². The van der Waals surface area contributed by atoms with Gasteiger partial charge in [-0.25, -0.2) is 9.97 Å². The van der Waals surface area contributed by atoms with Gasteiger partial charge in [0, 0.05) is 18.5 Å². The molecule has 1 aromatic heterocycles. The van der Waals surface area contributed by atoms with Gasteiger partial charge in [0.25, 0.3) is 0 Å². The molecule has 5 nitrogen and oxygen atoms in total. The van der Waals surface area contributed by atoms with Crippen molar-refractivity contribution in [2.75, 3.05) is 25.6 Å². The summed E-state index contributed by atoms with van der Waals surface area (Å²) in [6.45, 7) is 6.52. The zero-order valence-electron chi connectivity index (χ0n) is 10.9. The van der Waals surface area contributed by atoms with E-state index in [0.717, 1.165) is 11.4 Å². The number of hydrogen-bond donors (Lipinski definition) is 2. The molecule has 1 rings (SSSR count). The third-order valence-corrected chi connectivity index (χ3v) is 2.39. The summed E-state index contributed by atoms with van der Waals surface area (Å²) >= 11 is 0. The van der Waals surface area contributed by atoms with Crippen molar-refractivity contribution >= 4 is 5.95 Å². The molecule has 1 heterocycles. The fraction of sp³-hybridized carbons (Fsp3) is 0.667. The molecule has 2 N–H and O–H groups in total. The van der Waals surface area contributed by atoms with Gasteiger partial charge in [-0.05, 0) is 18.9 Å². The SMILES string of the molecule is COCC(CO)Nc1nc(C)cc(C(C)C)n1. The number of ether oxygens (including phenoxy) is 1. The maximum atomic E-state index is 9.17. The maximum absolute atomic E-state index is 9.17. The van der Waals surface area contributed by atoms with Crippen molar-refractivity contribution in [1.29, 1.82) is 0 Å². The number of aryl methyl sites for hydroxylation is 1. The van der Waals surface area contributed by atoms with Crippen molar-refractivity contribution in [3.8, 4) is 0 Å². The van der Waals surface area contributed by atoms with Crippen LogP contribution in [0.4, 0.5) is 5.95 Å². The summed E-state index contributed by atoms with van der Waals surface area (Å²) in [6.07, 6.45) is 0. The molecule has 5 heteroatoms. The Labute approximate surface area is 102 Å². The van der Waals surface area contributed by atoms with Crippen LogP contribution in [0.5, 0.6) is 0 Å². The number of methoxy groups -OCH3 is 1. The summed E-state index contributed by atoms with van der Waals surface area (Å²) in [5.74, 6) is 0.900. The van der Waals surface area contributed by atoms with Gasteiger partial charge in [0.15, 0.2) is 0 Å². The van der Waals surface area contributed by atoms with E-state index in [9.17, 15) is 0 Å². The van der Waals surface area contributed by atoms with E-state index in [1.165, 1.54) is 0 Å². The third kappa shape index (κ3) is 4.28. The Kier molecular flexibility index (Phi) is 5.31. The number of nitrogens with zero attached hydrogens (tertiary/aromatic N) is 2. The van der Waals surface area contributed by atoms with Crippen LogP contribution in [0.2, 0.25) is 0 Å². The Bertz CT molecular complexity index is 356. The number of aliphatic hydroxyl groups is 1. The first-order valence-electron chi connectivity index (χ1n) is 5.78. The van der Waals surface area contributed by atoms with Gasteiger partial charge in [-0.15, -0.1) is 0 Å². The normalized spacial score (nSPS) is 12.8. The zero-order chi connectivity index (χ0) is 12.8. The Morgan fingerprint density at radius 1 is 1.41 bits per heavy atom. The number of hydrogen-bond acceptors (Lipinski definition) is 5. The van der Waals surface area contributed by atoms with Crippen LogP contribution in [0.1, 0.15) is 31.2 Å². The number of aromatic nitrogens is 2. The fourth-order valence-electron chi connectivity index (χ4n) is 1.48. The molecular weight excluding hydrogens is 218 g/mol. The number of nitrogens with one attached hydrogen (secondary N) is 1. The highest BCUT2D eigenvalue weighted by Crippen LogP contribution is 2.14. The van der Waals surface area contributed by atoms with Crippen LogP contribution in [-0.2, 0) is 4.74 Å². The lowest BCUT2D eigenvalue weighted by molar-refractivity contribution is 0.153. The first-order valence-corrected chi connectivity index (χ1v) is 5.78. The minimum atomic E-state index is -0.179. The molecular formula is C12H21N3O2. The third-order valence-electron chi connectivity index (χ3n) is 2.39. The molecule has 96 valence electrons. The Morgan fingerprint density at radius 2 is 2.12 bits per heavy atom. The van der Waals surface area contributed by atoms with E-state index in [0.29, 0.717) is 18.5 Å². The van der Waals surface area contributed by atoms with E-state index >= 15 is 0 Å². The second-order valence-corrected chi connectivity index (χ2v) is 4.39. The zero-order valence-corrected chi connectivity index (χ0v) is 10.9. The molecule has 0 saturated heterocycles. The van der Waals surface area contributed by atoms with E-state index in [1.807, 2.05) is 13.0 Å². The smallest absolute Gasteiger partial charge is 0.223 e. The van der Waals surface area contributed by atoms with Crippen molar-refractivity contribution < 1.29 is 9.84 Å². The first-order chi connectivity index (χ1) is 8.06. The van der Waals surface area contributed by atoms with Crippen molar-refractivity contribution in [3.63, 3.8) is 0 Å². The van der Waals surface area contributed by atoms with Crippen molar-refractivity contribution in [2.24, 2.45) is 0 Å². The molecule has 0 aliphatic rings. The Morgan fingerprint density at radius 3 is 2.65 bits per heavy atom. The lowest BCUT2D eigenvalue weighted by Gasteiger charge is -2.16. The molecule has 0 aliphatic heterocycles. The minimum absolute atomic E-state index is 0.0118. The van der Waals surface area contributed by atoms with Crippen LogP contribution >= 0.6 is 0 Å². The standard InChI is InChI=1S/C12H21N3O2/c1-8(2)11-5-9(3)13-12(15-11)14-10(6-16)7-17-4/h5,8,10,16H,6-7H2,1-4H3,(H,13,14,15). The van der Waals surface area contributed by atoms with Crippen LogP contribution in [0, 0.1) is 6.92 Å². The maximum Gasteiger partial charge on any atom is 0.223 e. The Balaban J connectivity index is 2.82. The molecule has 1 aromatic rings. The highest BCUT2D eigenvalue weighted by Gasteiger charge is 2.10. The molecule has 17 heavy (non-hydrogen) atoms. The lowest BCUT2D eigenvalue weighted by Crippen LogP contribution is -2.30. The predicted molar refractivity (Wildman–Crippen MR) is 67.2 cm³/mol. The highest BCUT2D eigenvalue weighted by molar-refractivity contribution is 5.30. The first kappa shape index (κ1) is 13.9. The average Bonchev–Trinajstić information content (AvgIpc) is 2.27. The number of aliphatic hydroxyl groups excluding tert-OH is 1. The van der Waals surface area contributed by atoms with Crippen LogP contribution in [0.3, 0.4) is 0 Å². The van der Waals surface area contributed by atoms with Crippen LogP contribution < -0.4 is 5.32 Å². The average molecular weight is 239 g/mol. The molecule has 1 unspecified atom stereocenters. The van der Waals surface area contributed by atoms with Crippen LogP contribution in [0.15, 0.2) is 6.07 Å². The largest absolute Gasteiger partial charge is 0.394 e. The van der Waals surface area contributed by atoms with Gasteiger partial charge >= 0.3 is 0 Å². The van der Waals surface area contributed by atoms with Crippen LogP contribution in [-0.4, -0.2) is 41.4 Å². The summed E-state index contributed by atoms with van der Waals surface area (Å²) < 4.78 is 5.00. The second-order valence-electron chi connectivity index (χ2n) is 4.39. The highest BCUT2D eigenvalue weighted by atomic mass is 16.5. The molecule has 0 saturated carbocycles. The van der Waals surface area contributed by atoms with Gasteiger partial charge in [-0.1, -0.05) is 13.8 Å². The minimum Gasteiger partial charge on any atom is -0.394 e. The van der Waals surface area contributed by atoms with Gasteiger partial charge in [-0.3, -0.25) is 0 Å². The molecule has 0 aliphatic carbocycles. The van der Waals surface area contributed by atoms with E-state index < -0.39 is 0 Å². The topological polar surface area (TPSA) is 67.3 Å². The quantitative estimate of drug-likeness (QED) is 0.784. The molecule has 0 aromatic carbocycles. The van der Waals surface area contributed by atoms with Crippen molar-refractivity contribution in [3.05, 3.63) is 17.5 Å². The van der Waals surface area contributed by atoms with Gasteiger partial charge in [0.05, 0.1) is 19.3 Å². The summed E-state index contributed by atoms with van der Waals surface area (Å²) in [5.41, 5.74) is 1.91. The van der Waals surface area contributed by atoms with Crippen molar-refractivity contribution in [1.82, 2.24) is 9.97 Å². The van der Waals surface area contributed by atoms with Gasteiger partial charge in [-0.2, -0.15) is 0 Å². The molecule has 0 fully saturated rings. The molecule has 0 bridgehead atoms. The molecule has 0 spiro atoms. The van der Waals surface area contributed by atoms with E-state index in [-0.39, 0.29) is 12.6 Å². The number of anilines is 1. The fourth-order valence-corrected chi connectivity index (χ4v) is 1.48. The predicted octanol–water partition coefficient (Wildman–Crippen LogP) is 1.33. The number of rotatable bonds is 6. The Hall–Kier alpha value is -1.20. The van der Waals surface area contributed by atoms with E-state index in [4.69, 9.17) is 9.84 Å². The van der Waals surface area contributed by atoms with Crippen molar-refractivity contribution in [2.45, 2.75) is 32.7 Å². The summed E-state index contributed by atoms with van der Waals surface area (Å²) in [5, 5.41) is 12.2. The van der Waals surface area contributed by atoms with Crippen LogP contribution in [0.25, 0.3) is 0 Å². The summed E-state index contributed by atoms with van der Waals surface area (Å²) in [4.78, 5) is 8.71. The monoisotopic (exact) mass is 239 g/mol. The van der Waals surface area contributed by atoms with Gasteiger partial charge < -0.3 is 15.2 Å². The molecule has 0 amide bonds.